The molecule has 28 heavy (non-hydrogen) atoms. The van der Waals surface area contributed by atoms with E-state index in [0.29, 0.717) is 15.5 Å². The third-order valence-corrected chi connectivity index (χ3v) is 6.43. The van der Waals surface area contributed by atoms with Gasteiger partial charge in [-0.1, -0.05) is 39.7 Å². The first-order chi connectivity index (χ1) is 13.3. The Balaban J connectivity index is 1.61. The Kier molecular flexibility index (Phi) is 7.19. The predicted octanol–water partition coefficient (Wildman–Crippen LogP) is 5.17. The van der Waals surface area contributed by atoms with Crippen molar-refractivity contribution < 1.29 is 14.4 Å². The Morgan fingerprint density at radius 3 is 2.64 bits per heavy atom. The number of halogens is 3. The van der Waals surface area contributed by atoms with Crippen LogP contribution in [0.2, 0.25) is 5.02 Å². The fraction of sp³-hybridized carbons (Fsp3) is 0.105. The van der Waals surface area contributed by atoms with Crippen LogP contribution in [0.1, 0.15) is 15.9 Å². The quantitative estimate of drug-likeness (QED) is 0.385. The maximum absolute atomic E-state index is 12.5. The van der Waals surface area contributed by atoms with Gasteiger partial charge in [-0.15, -0.1) is 0 Å². The fourth-order valence-corrected chi connectivity index (χ4v) is 4.38. The molecule has 2 aromatic rings. The molecule has 1 saturated heterocycles. The molecule has 5 nitrogen and oxygen atoms in total. The summed E-state index contributed by atoms with van der Waals surface area (Å²) in [4.78, 5) is 38.5. The third-order valence-electron chi connectivity index (χ3n) is 3.84. The highest BCUT2D eigenvalue weighted by atomic mass is 127. The van der Waals surface area contributed by atoms with Crippen LogP contribution in [0.5, 0.6) is 0 Å². The molecule has 0 aliphatic carbocycles. The maximum Gasteiger partial charge on any atom is 0.293 e. The molecule has 144 valence electrons. The zero-order valence-corrected chi connectivity index (χ0v) is 19.6. The molecule has 0 spiro atoms. The molecule has 3 amide bonds. The van der Waals surface area contributed by atoms with Crippen LogP contribution in [-0.2, 0) is 4.79 Å². The van der Waals surface area contributed by atoms with Crippen LogP contribution < -0.4 is 5.32 Å². The van der Waals surface area contributed by atoms with Crippen LogP contribution in [0.25, 0.3) is 6.08 Å². The van der Waals surface area contributed by atoms with Crippen molar-refractivity contribution in [1.29, 1.82) is 0 Å². The highest BCUT2D eigenvalue weighted by molar-refractivity contribution is 14.1. The lowest BCUT2D eigenvalue weighted by Gasteiger charge is -2.13. The lowest BCUT2D eigenvalue weighted by atomic mass is 10.2. The maximum atomic E-state index is 12.5. The second-order valence-corrected chi connectivity index (χ2v) is 9.27. The molecule has 0 saturated carbocycles. The first-order valence-corrected chi connectivity index (χ1v) is 11.2. The van der Waals surface area contributed by atoms with Gasteiger partial charge in [-0.05, 0) is 76.3 Å². The lowest BCUT2D eigenvalue weighted by Crippen LogP contribution is -2.37. The third kappa shape index (κ3) is 5.16. The van der Waals surface area contributed by atoms with Crippen LogP contribution in [0, 0.1) is 3.57 Å². The number of amides is 3. The topological polar surface area (TPSA) is 66.5 Å². The monoisotopic (exact) mass is 590 g/mol. The zero-order valence-electron chi connectivity index (χ0n) is 14.2. The van der Waals surface area contributed by atoms with E-state index in [9.17, 15) is 14.4 Å². The zero-order chi connectivity index (χ0) is 20.3. The molecule has 0 bridgehead atoms. The molecule has 1 aliphatic heterocycles. The molecular formula is C19H13BrClIN2O3S. The van der Waals surface area contributed by atoms with Gasteiger partial charge in [-0.25, -0.2) is 0 Å². The molecule has 1 fully saturated rings. The number of carbonyl (C=O) groups excluding carboxylic acids is 3. The molecule has 0 radical (unpaired) electrons. The van der Waals surface area contributed by atoms with E-state index in [0.717, 1.165) is 30.3 Å². The van der Waals surface area contributed by atoms with E-state index >= 15 is 0 Å². The number of carbonyl (C=O) groups is 3. The van der Waals surface area contributed by atoms with Crippen LogP contribution >= 0.6 is 61.9 Å². The van der Waals surface area contributed by atoms with Crippen molar-refractivity contribution in [2.24, 2.45) is 0 Å². The second-order valence-electron chi connectivity index (χ2n) is 5.76. The first-order valence-electron chi connectivity index (χ1n) is 8.09. The van der Waals surface area contributed by atoms with Crippen LogP contribution in [-0.4, -0.2) is 35.0 Å². The van der Waals surface area contributed by atoms with Crippen LogP contribution in [0.3, 0.4) is 0 Å². The number of nitrogens with one attached hydrogen (secondary N) is 1. The summed E-state index contributed by atoms with van der Waals surface area (Å²) in [5.74, 6) is -0.620. The van der Waals surface area contributed by atoms with Crippen molar-refractivity contribution in [3.8, 4) is 0 Å². The van der Waals surface area contributed by atoms with Gasteiger partial charge in [-0.3, -0.25) is 19.3 Å². The van der Waals surface area contributed by atoms with Gasteiger partial charge in [0.2, 0.25) is 0 Å². The van der Waals surface area contributed by atoms with Gasteiger partial charge in [0.05, 0.1) is 10.5 Å². The lowest BCUT2D eigenvalue weighted by molar-refractivity contribution is -0.122. The molecule has 1 N–H and O–H groups in total. The Bertz CT molecular complexity index is 982. The Hall–Kier alpha value is -1.36. The molecule has 3 rings (SSSR count). The van der Waals surface area contributed by atoms with E-state index in [1.807, 2.05) is 12.1 Å². The highest BCUT2D eigenvalue weighted by Gasteiger charge is 2.34. The summed E-state index contributed by atoms with van der Waals surface area (Å²) < 4.78 is 1.62. The summed E-state index contributed by atoms with van der Waals surface area (Å²) in [5.41, 5.74) is 1.32. The number of benzene rings is 2. The van der Waals surface area contributed by atoms with Gasteiger partial charge in [0.1, 0.15) is 0 Å². The normalized spacial score (nSPS) is 15.4. The second kappa shape index (κ2) is 9.43. The number of thioether (sulfide) groups is 1. The minimum atomic E-state index is -0.365. The molecule has 2 aromatic carbocycles. The van der Waals surface area contributed by atoms with E-state index in [1.165, 1.54) is 0 Å². The minimum Gasteiger partial charge on any atom is -0.350 e. The molecule has 9 heteroatoms. The average molecular weight is 592 g/mol. The smallest absolute Gasteiger partial charge is 0.293 e. The van der Waals surface area contributed by atoms with Gasteiger partial charge < -0.3 is 5.32 Å². The number of hydrogen-bond acceptors (Lipinski definition) is 4. The van der Waals surface area contributed by atoms with Crippen molar-refractivity contribution in [2.45, 2.75) is 0 Å². The van der Waals surface area contributed by atoms with Crippen molar-refractivity contribution in [3.05, 3.63) is 71.6 Å². The first kappa shape index (κ1) is 21.4. The van der Waals surface area contributed by atoms with E-state index in [-0.39, 0.29) is 30.1 Å². The molecule has 1 heterocycles. The highest BCUT2D eigenvalue weighted by Crippen LogP contribution is 2.32. The van der Waals surface area contributed by atoms with Gasteiger partial charge in [0, 0.05) is 26.2 Å². The van der Waals surface area contributed by atoms with Crippen molar-refractivity contribution in [3.63, 3.8) is 0 Å². The molecule has 0 unspecified atom stereocenters. The summed E-state index contributed by atoms with van der Waals surface area (Å²) in [6, 6.07) is 12.4. The van der Waals surface area contributed by atoms with Crippen molar-refractivity contribution >= 4 is 85.0 Å². The number of rotatable bonds is 5. The summed E-state index contributed by atoms with van der Waals surface area (Å²) in [6.45, 7) is 0.284. The minimum absolute atomic E-state index is 0.110. The predicted molar refractivity (Wildman–Crippen MR) is 123 cm³/mol. The standard InChI is InChI=1S/C19H13BrClIN2O3S/c20-12-3-6-15(22)14(10-12)17(25)23-7-8-24-18(26)16(28-19(24)27)9-11-1-4-13(21)5-2-11/h1-6,9-10H,7-8H2,(H,23,25)/b16-9+. The number of imide groups is 1. The summed E-state index contributed by atoms with van der Waals surface area (Å²) in [7, 11) is 0. The van der Waals surface area contributed by atoms with Gasteiger partial charge >= 0.3 is 0 Å². The molecule has 0 aromatic heterocycles. The molecule has 1 aliphatic rings. The van der Waals surface area contributed by atoms with Crippen LogP contribution in [0.15, 0.2) is 51.8 Å². The SMILES string of the molecule is O=C(NCCN1C(=O)S/C(=C/c2ccc(Cl)cc2)C1=O)c1cc(Br)ccc1I. The van der Waals surface area contributed by atoms with E-state index < -0.39 is 0 Å². The number of nitrogens with zero attached hydrogens (tertiary/aromatic N) is 1. The Labute approximate surface area is 193 Å². The summed E-state index contributed by atoms with van der Waals surface area (Å²) in [6.07, 6.45) is 1.66. The van der Waals surface area contributed by atoms with Gasteiger partial charge in [0.25, 0.3) is 17.1 Å². The molecule has 0 atom stereocenters. The van der Waals surface area contributed by atoms with Gasteiger partial charge in [-0.2, -0.15) is 0 Å². The van der Waals surface area contributed by atoms with Crippen molar-refractivity contribution in [2.75, 3.05) is 13.1 Å². The van der Waals surface area contributed by atoms with E-state index in [4.69, 9.17) is 11.6 Å². The van der Waals surface area contributed by atoms with E-state index in [1.54, 1.807) is 36.4 Å². The average Bonchev–Trinajstić information content (AvgIpc) is 2.92. The summed E-state index contributed by atoms with van der Waals surface area (Å²) >= 11 is 12.2. The van der Waals surface area contributed by atoms with Gasteiger partial charge in [0.15, 0.2) is 0 Å². The van der Waals surface area contributed by atoms with Crippen LogP contribution in [0.4, 0.5) is 4.79 Å². The Morgan fingerprint density at radius 1 is 1.21 bits per heavy atom. The Morgan fingerprint density at radius 2 is 1.93 bits per heavy atom. The van der Waals surface area contributed by atoms with E-state index in [2.05, 4.69) is 43.8 Å². The fourth-order valence-electron chi connectivity index (χ4n) is 2.45. The largest absolute Gasteiger partial charge is 0.350 e. The number of hydrogen-bond donors (Lipinski definition) is 1. The van der Waals surface area contributed by atoms with Crippen molar-refractivity contribution in [1.82, 2.24) is 10.2 Å². The molecular weight excluding hydrogens is 579 g/mol. The summed E-state index contributed by atoms with van der Waals surface area (Å²) in [5, 5.41) is 3.00.